The van der Waals surface area contributed by atoms with Crippen LogP contribution in [0.15, 0.2) is 24.3 Å². The third-order valence-electron chi connectivity index (χ3n) is 2.15. The zero-order valence-electron chi connectivity index (χ0n) is 10.1. The van der Waals surface area contributed by atoms with Crippen LogP contribution in [0.2, 0.25) is 0 Å². The van der Waals surface area contributed by atoms with Crippen molar-refractivity contribution in [2.24, 2.45) is 0 Å². The number of nitrogens with one attached hydrogen (secondary N) is 1. The molecule has 0 aliphatic rings. The van der Waals surface area contributed by atoms with Crippen molar-refractivity contribution in [1.29, 1.82) is 5.26 Å². The molecule has 5 nitrogen and oxygen atoms in total. The highest BCUT2D eigenvalue weighted by Gasteiger charge is 2.09. The predicted molar refractivity (Wildman–Crippen MR) is 64.7 cm³/mol. The summed E-state index contributed by atoms with van der Waals surface area (Å²) in [6.45, 7) is 1.79. The second kappa shape index (κ2) is 7.07. The Morgan fingerprint density at radius 3 is 2.89 bits per heavy atom. The number of rotatable bonds is 5. The van der Waals surface area contributed by atoms with Gasteiger partial charge in [-0.2, -0.15) is 5.26 Å². The summed E-state index contributed by atoms with van der Waals surface area (Å²) < 4.78 is 4.84. The molecule has 0 unspecified atom stereocenters. The first-order valence-electron chi connectivity index (χ1n) is 5.51. The van der Waals surface area contributed by atoms with E-state index in [9.17, 15) is 9.59 Å². The van der Waals surface area contributed by atoms with Gasteiger partial charge in [0.25, 0.3) is 5.91 Å². The fraction of sp³-hybridized carbons (Fsp3) is 0.308. The van der Waals surface area contributed by atoms with E-state index in [4.69, 9.17) is 10.00 Å². The number of aryl methyl sites for hydroxylation is 1. The number of carbonyl (C=O) groups is 2. The van der Waals surface area contributed by atoms with Crippen LogP contribution in [-0.2, 0) is 9.53 Å². The van der Waals surface area contributed by atoms with Gasteiger partial charge in [0.1, 0.15) is 0 Å². The highest BCUT2D eigenvalue weighted by molar-refractivity contribution is 5.91. The van der Waals surface area contributed by atoms with Gasteiger partial charge in [-0.3, -0.25) is 4.79 Å². The normalized spacial score (nSPS) is 9.33. The van der Waals surface area contributed by atoms with E-state index in [0.29, 0.717) is 5.56 Å². The van der Waals surface area contributed by atoms with Gasteiger partial charge in [0.15, 0.2) is 6.61 Å². The third-order valence-corrected chi connectivity index (χ3v) is 2.15. The van der Waals surface area contributed by atoms with Crippen molar-refractivity contribution >= 4 is 11.9 Å². The average molecular weight is 246 g/mol. The third kappa shape index (κ3) is 4.66. The number of amides is 1. The fourth-order valence-corrected chi connectivity index (χ4v) is 1.30. The molecule has 94 valence electrons. The zero-order chi connectivity index (χ0) is 13.4. The van der Waals surface area contributed by atoms with Crippen molar-refractivity contribution in [2.75, 3.05) is 13.2 Å². The van der Waals surface area contributed by atoms with E-state index in [1.54, 1.807) is 18.2 Å². The number of benzene rings is 1. The minimum Gasteiger partial charge on any atom is -0.452 e. The lowest BCUT2D eigenvalue weighted by Crippen LogP contribution is -2.29. The summed E-state index contributed by atoms with van der Waals surface area (Å²) >= 11 is 0. The minimum absolute atomic E-state index is 0.234. The molecule has 5 heteroatoms. The molecule has 1 N–H and O–H groups in total. The lowest BCUT2D eigenvalue weighted by Gasteiger charge is -2.05. The van der Waals surface area contributed by atoms with E-state index in [-0.39, 0.29) is 19.6 Å². The highest BCUT2D eigenvalue weighted by Crippen LogP contribution is 2.05. The van der Waals surface area contributed by atoms with Crippen LogP contribution in [0.5, 0.6) is 0 Å². The Balaban J connectivity index is 2.38. The minimum atomic E-state index is -0.533. The van der Waals surface area contributed by atoms with E-state index in [0.717, 1.165) is 5.56 Å². The standard InChI is InChI=1S/C13H14N2O3/c1-10-4-2-5-11(8-10)13(17)18-9-12(16)15-7-3-6-14/h2,4-5,8H,3,7,9H2,1H3,(H,15,16). The first-order valence-corrected chi connectivity index (χ1v) is 5.51. The summed E-state index contributed by atoms with van der Waals surface area (Å²) in [5, 5.41) is 10.7. The van der Waals surface area contributed by atoms with Crippen molar-refractivity contribution in [3.63, 3.8) is 0 Å². The lowest BCUT2D eigenvalue weighted by molar-refractivity contribution is -0.124. The number of ether oxygens (including phenoxy) is 1. The molecule has 0 fully saturated rings. The Kier molecular flexibility index (Phi) is 5.39. The molecule has 0 spiro atoms. The van der Waals surface area contributed by atoms with Crippen LogP contribution < -0.4 is 5.32 Å². The molecule has 1 rings (SSSR count). The van der Waals surface area contributed by atoms with Gasteiger partial charge in [0.05, 0.1) is 18.1 Å². The van der Waals surface area contributed by atoms with Gasteiger partial charge in [-0.1, -0.05) is 17.7 Å². The Morgan fingerprint density at radius 2 is 2.22 bits per heavy atom. The Bertz CT molecular complexity index is 477. The molecule has 0 aliphatic carbocycles. The first-order chi connectivity index (χ1) is 8.63. The number of esters is 1. The quantitative estimate of drug-likeness (QED) is 0.625. The number of nitrogens with zero attached hydrogens (tertiary/aromatic N) is 1. The van der Waals surface area contributed by atoms with Gasteiger partial charge in [0.2, 0.25) is 0 Å². The van der Waals surface area contributed by atoms with Crippen LogP contribution in [0, 0.1) is 18.3 Å². The number of nitriles is 1. The summed E-state index contributed by atoms with van der Waals surface area (Å²) in [5.41, 5.74) is 1.36. The highest BCUT2D eigenvalue weighted by atomic mass is 16.5. The van der Waals surface area contributed by atoms with Gasteiger partial charge < -0.3 is 10.1 Å². The molecule has 1 aromatic rings. The monoisotopic (exact) mass is 246 g/mol. The lowest BCUT2D eigenvalue weighted by atomic mass is 10.1. The summed E-state index contributed by atoms with van der Waals surface area (Å²) in [7, 11) is 0. The maximum absolute atomic E-state index is 11.6. The Hall–Kier alpha value is -2.35. The second-order valence-corrected chi connectivity index (χ2v) is 3.70. The summed E-state index contributed by atoms with van der Waals surface area (Å²) in [6, 6.07) is 8.83. The second-order valence-electron chi connectivity index (χ2n) is 3.70. The van der Waals surface area contributed by atoms with E-state index in [1.165, 1.54) is 0 Å². The molecule has 1 aromatic carbocycles. The summed E-state index contributed by atoms with van der Waals surface area (Å²) in [4.78, 5) is 22.8. The number of hydrogen-bond donors (Lipinski definition) is 1. The van der Waals surface area contributed by atoms with Gasteiger partial charge in [-0.25, -0.2) is 4.79 Å². The molecule has 0 aromatic heterocycles. The van der Waals surface area contributed by atoms with E-state index >= 15 is 0 Å². The molecule has 0 saturated carbocycles. The average Bonchev–Trinajstić information content (AvgIpc) is 2.36. The maximum Gasteiger partial charge on any atom is 0.338 e. The van der Waals surface area contributed by atoms with Crippen LogP contribution >= 0.6 is 0 Å². The molecule has 0 heterocycles. The van der Waals surface area contributed by atoms with Crippen LogP contribution in [0.25, 0.3) is 0 Å². The van der Waals surface area contributed by atoms with E-state index in [2.05, 4.69) is 5.32 Å². The van der Waals surface area contributed by atoms with Crippen LogP contribution in [-0.4, -0.2) is 25.0 Å². The molecule has 1 amide bonds. The first kappa shape index (κ1) is 13.7. The molecule has 18 heavy (non-hydrogen) atoms. The molecular formula is C13H14N2O3. The van der Waals surface area contributed by atoms with Crippen molar-refractivity contribution in [2.45, 2.75) is 13.3 Å². The molecule has 0 saturated heterocycles. The Morgan fingerprint density at radius 1 is 1.44 bits per heavy atom. The smallest absolute Gasteiger partial charge is 0.338 e. The summed E-state index contributed by atoms with van der Waals surface area (Å²) in [6.07, 6.45) is 0.234. The van der Waals surface area contributed by atoms with Crippen molar-refractivity contribution in [3.05, 3.63) is 35.4 Å². The molecular weight excluding hydrogens is 232 g/mol. The summed E-state index contributed by atoms with van der Waals surface area (Å²) in [5.74, 6) is -0.944. The largest absolute Gasteiger partial charge is 0.452 e. The van der Waals surface area contributed by atoms with Crippen LogP contribution in [0.4, 0.5) is 0 Å². The Labute approximate surface area is 105 Å². The van der Waals surface area contributed by atoms with Crippen molar-refractivity contribution in [3.8, 4) is 6.07 Å². The predicted octanol–water partition coefficient (Wildman–Crippen LogP) is 1.18. The van der Waals surface area contributed by atoms with Crippen molar-refractivity contribution in [1.82, 2.24) is 5.32 Å². The molecule has 0 aliphatic heterocycles. The topological polar surface area (TPSA) is 79.2 Å². The SMILES string of the molecule is Cc1cccc(C(=O)OCC(=O)NCCC#N)c1. The van der Waals surface area contributed by atoms with Crippen LogP contribution in [0.1, 0.15) is 22.3 Å². The van der Waals surface area contributed by atoms with Crippen molar-refractivity contribution < 1.29 is 14.3 Å². The van der Waals surface area contributed by atoms with Gasteiger partial charge in [-0.15, -0.1) is 0 Å². The van der Waals surface area contributed by atoms with Crippen LogP contribution in [0.3, 0.4) is 0 Å². The number of carbonyl (C=O) groups excluding carboxylic acids is 2. The van der Waals surface area contributed by atoms with E-state index < -0.39 is 11.9 Å². The maximum atomic E-state index is 11.6. The van der Waals surface area contributed by atoms with Gasteiger partial charge in [-0.05, 0) is 19.1 Å². The van der Waals surface area contributed by atoms with Gasteiger partial charge in [0, 0.05) is 6.54 Å². The molecule has 0 bridgehead atoms. The number of hydrogen-bond acceptors (Lipinski definition) is 4. The van der Waals surface area contributed by atoms with Gasteiger partial charge >= 0.3 is 5.97 Å². The molecule has 0 radical (unpaired) electrons. The fourth-order valence-electron chi connectivity index (χ4n) is 1.30. The molecule has 0 atom stereocenters. The van der Waals surface area contributed by atoms with E-state index in [1.807, 2.05) is 19.1 Å². The zero-order valence-corrected chi connectivity index (χ0v) is 10.1.